The fraction of sp³-hybridized carbons (Fsp3) is 0.667. The van der Waals surface area contributed by atoms with Crippen molar-refractivity contribution in [1.29, 1.82) is 0 Å². The van der Waals surface area contributed by atoms with Gasteiger partial charge in [-0.2, -0.15) is 0 Å². The van der Waals surface area contributed by atoms with Gasteiger partial charge in [-0.15, -0.1) is 0 Å². The summed E-state index contributed by atoms with van der Waals surface area (Å²) < 4.78 is 0. The third-order valence-electron chi connectivity index (χ3n) is 4.20. The molecule has 112 valence electrons. The van der Waals surface area contributed by atoms with Crippen LogP contribution in [0.3, 0.4) is 0 Å². The predicted molar refractivity (Wildman–Crippen MR) is 88.4 cm³/mol. The van der Waals surface area contributed by atoms with Gasteiger partial charge in [0.25, 0.3) is 0 Å². The van der Waals surface area contributed by atoms with Crippen LogP contribution >= 0.6 is 0 Å². The molecule has 0 radical (unpaired) electrons. The molecular formula is C18H30N2. The molecule has 0 amide bonds. The predicted octanol–water partition coefficient (Wildman–Crippen LogP) is 4.37. The normalized spacial score (nSPS) is 16.4. The number of hydrogen-bond donors (Lipinski definition) is 1. The molecule has 1 aromatic carbocycles. The second-order valence-corrected chi connectivity index (χ2v) is 6.46. The highest BCUT2D eigenvalue weighted by molar-refractivity contribution is 5.49. The number of rotatable bonds is 8. The number of hydrogen-bond acceptors (Lipinski definition) is 2. The van der Waals surface area contributed by atoms with Gasteiger partial charge in [0.15, 0.2) is 0 Å². The first-order valence-electron chi connectivity index (χ1n) is 8.21. The van der Waals surface area contributed by atoms with Crippen LogP contribution in [0.4, 0.5) is 5.69 Å². The molecule has 1 aliphatic rings. The molecule has 2 rings (SSSR count). The van der Waals surface area contributed by atoms with Crippen molar-refractivity contribution in [3.05, 3.63) is 29.8 Å². The molecule has 1 atom stereocenters. The molecule has 0 spiro atoms. The number of nitrogens with one attached hydrogen (secondary N) is 1. The highest BCUT2D eigenvalue weighted by Crippen LogP contribution is 2.32. The molecule has 1 unspecified atom stereocenters. The molecular weight excluding hydrogens is 244 g/mol. The fourth-order valence-corrected chi connectivity index (χ4v) is 2.63. The molecule has 0 heterocycles. The maximum Gasteiger partial charge on any atom is 0.0368 e. The maximum absolute atomic E-state index is 3.55. The van der Waals surface area contributed by atoms with Gasteiger partial charge < -0.3 is 10.2 Å². The molecule has 0 aromatic heterocycles. The minimum Gasteiger partial charge on any atom is -0.369 e. The third-order valence-corrected chi connectivity index (χ3v) is 4.20. The van der Waals surface area contributed by atoms with Crippen LogP contribution in [0.1, 0.15) is 58.6 Å². The van der Waals surface area contributed by atoms with Gasteiger partial charge in [0.2, 0.25) is 0 Å². The van der Waals surface area contributed by atoms with Crippen LogP contribution in [0.15, 0.2) is 24.3 Å². The van der Waals surface area contributed by atoms with Gasteiger partial charge in [-0.05, 0) is 70.2 Å². The van der Waals surface area contributed by atoms with E-state index in [2.05, 4.69) is 62.2 Å². The minimum absolute atomic E-state index is 0.444. The minimum atomic E-state index is 0.444. The highest BCUT2D eigenvalue weighted by atomic mass is 15.2. The van der Waals surface area contributed by atoms with Gasteiger partial charge in [-0.25, -0.2) is 0 Å². The average molecular weight is 274 g/mol. The largest absolute Gasteiger partial charge is 0.369 e. The molecule has 1 fully saturated rings. The smallest absolute Gasteiger partial charge is 0.0368 e. The van der Waals surface area contributed by atoms with Gasteiger partial charge in [-0.1, -0.05) is 19.1 Å². The zero-order valence-electron chi connectivity index (χ0n) is 13.5. The Hall–Kier alpha value is -1.02. The lowest BCUT2D eigenvalue weighted by Crippen LogP contribution is -2.32. The summed E-state index contributed by atoms with van der Waals surface area (Å²) >= 11 is 0. The van der Waals surface area contributed by atoms with E-state index in [9.17, 15) is 0 Å². The Kier molecular flexibility index (Phi) is 5.47. The van der Waals surface area contributed by atoms with E-state index in [1.165, 1.54) is 37.1 Å². The van der Waals surface area contributed by atoms with Crippen LogP contribution in [0.5, 0.6) is 0 Å². The zero-order chi connectivity index (χ0) is 14.5. The molecule has 20 heavy (non-hydrogen) atoms. The summed E-state index contributed by atoms with van der Waals surface area (Å²) in [5, 5.41) is 3.55. The van der Waals surface area contributed by atoms with Gasteiger partial charge in [0, 0.05) is 24.3 Å². The van der Waals surface area contributed by atoms with E-state index in [1.807, 2.05) is 0 Å². The molecule has 2 nitrogen and oxygen atoms in total. The lowest BCUT2D eigenvalue weighted by molar-refractivity contribution is 0.570. The summed E-state index contributed by atoms with van der Waals surface area (Å²) in [6.45, 7) is 11.4. The quantitative estimate of drug-likeness (QED) is 0.757. The van der Waals surface area contributed by atoms with E-state index in [4.69, 9.17) is 0 Å². The van der Waals surface area contributed by atoms with E-state index in [-0.39, 0.29) is 0 Å². The van der Waals surface area contributed by atoms with Crippen molar-refractivity contribution in [2.24, 2.45) is 5.92 Å². The Bertz CT molecular complexity index is 392. The summed E-state index contributed by atoms with van der Waals surface area (Å²) in [7, 11) is 0. The molecule has 0 aliphatic heterocycles. The first-order valence-corrected chi connectivity index (χ1v) is 8.21. The molecule has 1 N–H and O–H groups in total. The molecule has 1 aliphatic carbocycles. The number of benzene rings is 1. The Morgan fingerprint density at radius 1 is 1.15 bits per heavy atom. The van der Waals surface area contributed by atoms with Crippen molar-refractivity contribution >= 4 is 5.69 Å². The van der Waals surface area contributed by atoms with E-state index in [0.29, 0.717) is 12.1 Å². The molecule has 0 bridgehead atoms. The summed E-state index contributed by atoms with van der Waals surface area (Å²) in [5.74, 6) is 0.933. The molecule has 1 saturated carbocycles. The SMILES string of the molecule is CCCNC(C)c1ccc(N(CC2CC2)C(C)C)cc1. The first-order chi connectivity index (χ1) is 9.61. The van der Waals surface area contributed by atoms with Crippen molar-refractivity contribution in [1.82, 2.24) is 5.32 Å². The number of anilines is 1. The lowest BCUT2D eigenvalue weighted by Gasteiger charge is -2.29. The van der Waals surface area contributed by atoms with Crippen LogP contribution < -0.4 is 10.2 Å². The lowest BCUT2D eigenvalue weighted by atomic mass is 10.1. The van der Waals surface area contributed by atoms with E-state index < -0.39 is 0 Å². The number of nitrogens with zero attached hydrogens (tertiary/aromatic N) is 1. The van der Waals surface area contributed by atoms with Crippen LogP contribution in [-0.2, 0) is 0 Å². The Labute approximate surface area is 124 Å². The second-order valence-electron chi connectivity index (χ2n) is 6.46. The van der Waals surface area contributed by atoms with E-state index in [1.54, 1.807) is 0 Å². The van der Waals surface area contributed by atoms with Crippen molar-refractivity contribution in [3.8, 4) is 0 Å². The van der Waals surface area contributed by atoms with Crippen LogP contribution in [0.2, 0.25) is 0 Å². The molecule has 2 heteroatoms. The van der Waals surface area contributed by atoms with Gasteiger partial charge in [0.05, 0.1) is 0 Å². The van der Waals surface area contributed by atoms with Crippen molar-refractivity contribution in [2.45, 2.75) is 59.0 Å². The van der Waals surface area contributed by atoms with Crippen molar-refractivity contribution in [2.75, 3.05) is 18.0 Å². The zero-order valence-corrected chi connectivity index (χ0v) is 13.5. The Balaban J connectivity index is 2.01. The van der Waals surface area contributed by atoms with Crippen LogP contribution in [0, 0.1) is 5.92 Å². The summed E-state index contributed by atoms with van der Waals surface area (Å²) in [6.07, 6.45) is 4.02. The Morgan fingerprint density at radius 3 is 2.30 bits per heavy atom. The summed E-state index contributed by atoms with van der Waals surface area (Å²) in [6, 6.07) is 10.2. The summed E-state index contributed by atoms with van der Waals surface area (Å²) in [4.78, 5) is 2.55. The van der Waals surface area contributed by atoms with E-state index >= 15 is 0 Å². The highest BCUT2D eigenvalue weighted by Gasteiger charge is 2.25. The van der Waals surface area contributed by atoms with E-state index in [0.717, 1.165) is 12.5 Å². The fourth-order valence-electron chi connectivity index (χ4n) is 2.63. The topological polar surface area (TPSA) is 15.3 Å². The van der Waals surface area contributed by atoms with Crippen LogP contribution in [-0.4, -0.2) is 19.1 Å². The van der Waals surface area contributed by atoms with Crippen molar-refractivity contribution in [3.63, 3.8) is 0 Å². The van der Waals surface area contributed by atoms with Crippen molar-refractivity contribution < 1.29 is 0 Å². The monoisotopic (exact) mass is 274 g/mol. The van der Waals surface area contributed by atoms with Gasteiger partial charge in [-0.3, -0.25) is 0 Å². The molecule has 1 aromatic rings. The second kappa shape index (κ2) is 7.12. The average Bonchev–Trinajstić information content (AvgIpc) is 3.26. The van der Waals surface area contributed by atoms with Gasteiger partial charge in [0.1, 0.15) is 0 Å². The first kappa shape index (κ1) is 15.4. The van der Waals surface area contributed by atoms with Crippen LogP contribution in [0.25, 0.3) is 0 Å². The standard InChI is InChI=1S/C18H30N2/c1-5-12-19-15(4)17-8-10-18(11-9-17)20(14(2)3)13-16-6-7-16/h8-11,14-16,19H,5-7,12-13H2,1-4H3. The maximum atomic E-state index is 3.55. The molecule has 0 saturated heterocycles. The third kappa shape index (κ3) is 4.24. The summed E-state index contributed by atoms with van der Waals surface area (Å²) in [5.41, 5.74) is 2.76. The Morgan fingerprint density at radius 2 is 1.80 bits per heavy atom. The van der Waals surface area contributed by atoms with Gasteiger partial charge >= 0.3 is 0 Å².